The Morgan fingerprint density at radius 1 is 1.06 bits per heavy atom. The highest BCUT2D eigenvalue weighted by Gasteiger charge is 2.11. The maximum Gasteiger partial charge on any atom is 0.336 e. The average molecular weight is 420 g/mol. The number of aryl methyl sites for hydroxylation is 3. The van der Waals surface area contributed by atoms with E-state index in [9.17, 15) is 9.18 Å². The van der Waals surface area contributed by atoms with Crippen molar-refractivity contribution < 1.29 is 8.81 Å². The topological polar surface area (TPSA) is 62.1 Å². The van der Waals surface area contributed by atoms with E-state index in [0.29, 0.717) is 12.1 Å². The molecule has 4 rings (SSSR count). The van der Waals surface area contributed by atoms with E-state index in [4.69, 9.17) is 4.42 Å². The number of hydrogen-bond donors (Lipinski definition) is 1. The third-order valence-corrected chi connectivity index (χ3v) is 5.64. The number of hydrogen-bond acceptors (Lipinski definition) is 4. The molecule has 2 aromatic heterocycles. The summed E-state index contributed by atoms with van der Waals surface area (Å²) in [6.45, 7) is 5.63. The van der Waals surface area contributed by atoms with Gasteiger partial charge < -0.3 is 9.32 Å². The first kappa shape index (κ1) is 21.0. The van der Waals surface area contributed by atoms with E-state index in [2.05, 4.69) is 35.1 Å². The Hall–Kier alpha value is -3.25. The van der Waals surface area contributed by atoms with Gasteiger partial charge in [-0.2, -0.15) is 5.10 Å². The first-order valence-corrected chi connectivity index (χ1v) is 10.4. The largest absolute Gasteiger partial charge is 0.423 e. The molecule has 0 spiro atoms. The number of halogens is 1. The van der Waals surface area contributed by atoms with Crippen LogP contribution in [0.1, 0.15) is 28.8 Å². The van der Waals surface area contributed by atoms with Gasteiger partial charge in [-0.1, -0.05) is 0 Å². The smallest absolute Gasteiger partial charge is 0.336 e. The molecular weight excluding hydrogens is 393 g/mol. The summed E-state index contributed by atoms with van der Waals surface area (Å²) in [7, 11) is 2.05. The summed E-state index contributed by atoms with van der Waals surface area (Å²) in [4.78, 5) is 14.2. The Balaban J connectivity index is 1.38. The lowest BCUT2D eigenvalue weighted by Gasteiger charge is -2.17. The van der Waals surface area contributed by atoms with Gasteiger partial charge >= 0.3 is 5.63 Å². The van der Waals surface area contributed by atoms with Crippen molar-refractivity contribution in [2.24, 2.45) is 0 Å². The quantitative estimate of drug-likeness (QED) is 0.428. The molecule has 0 radical (unpaired) electrons. The molecule has 31 heavy (non-hydrogen) atoms. The maximum absolute atomic E-state index is 13.1. The summed E-state index contributed by atoms with van der Waals surface area (Å²) in [6, 6.07) is 14.0. The van der Waals surface area contributed by atoms with E-state index in [1.165, 1.54) is 17.7 Å². The fraction of sp³-hybridized carbons (Fsp3) is 0.280. The zero-order chi connectivity index (χ0) is 22.0. The second-order valence-electron chi connectivity index (χ2n) is 8.15. The summed E-state index contributed by atoms with van der Waals surface area (Å²) < 4.78 is 18.5. The number of nitrogens with zero attached hydrogens (tertiary/aromatic N) is 2. The van der Waals surface area contributed by atoms with Crippen LogP contribution in [-0.2, 0) is 13.0 Å². The summed E-state index contributed by atoms with van der Waals surface area (Å²) >= 11 is 0. The number of benzene rings is 2. The molecule has 1 N–H and O–H groups in total. The first-order valence-electron chi connectivity index (χ1n) is 10.4. The minimum atomic E-state index is -0.315. The molecule has 0 fully saturated rings. The molecule has 160 valence electrons. The van der Waals surface area contributed by atoms with Crippen molar-refractivity contribution in [1.29, 1.82) is 0 Å². The highest BCUT2D eigenvalue weighted by molar-refractivity contribution is 5.81. The lowest BCUT2D eigenvalue weighted by Crippen LogP contribution is -2.20. The minimum Gasteiger partial charge on any atom is -0.423 e. The monoisotopic (exact) mass is 419 g/mol. The zero-order valence-corrected chi connectivity index (χ0v) is 18.0. The predicted molar refractivity (Wildman–Crippen MR) is 121 cm³/mol. The maximum atomic E-state index is 13.1. The average Bonchev–Trinajstić information content (AvgIpc) is 3.19. The number of H-pyrrole nitrogens is 1. The van der Waals surface area contributed by atoms with Gasteiger partial charge in [-0.25, -0.2) is 9.18 Å². The van der Waals surface area contributed by atoms with Gasteiger partial charge in [-0.05, 0) is 99.4 Å². The fourth-order valence-corrected chi connectivity index (χ4v) is 3.78. The molecule has 6 heteroatoms. The Bertz CT molecular complexity index is 1260. The molecule has 0 saturated carbocycles. The molecule has 0 atom stereocenters. The van der Waals surface area contributed by atoms with Crippen LogP contribution in [0.2, 0.25) is 0 Å². The van der Waals surface area contributed by atoms with Crippen molar-refractivity contribution in [1.82, 2.24) is 15.1 Å². The molecule has 0 saturated heterocycles. The van der Waals surface area contributed by atoms with Crippen molar-refractivity contribution in [2.45, 2.75) is 33.2 Å². The summed E-state index contributed by atoms with van der Waals surface area (Å²) in [5.41, 5.74) is 6.36. The molecular formula is C25H26FN3O2. The Morgan fingerprint density at radius 3 is 2.58 bits per heavy atom. The van der Waals surface area contributed by atoms with Crippen LogP contribution in [-0.4, -0.2) is 28.7 Å². The van der Waals surface area contributed by atoms with E-state index < -0.39 is 0 Å². The van der Waals surface area contributed by atoms with Crippen LogP contribution in [0.4, 0.5) is 4.39 Å². The second kappa shape index (κ2) is 8.86. The molecule has 5 nitrogen and oxygen atoms in total. The standard InChI is InChI=1S/C25H26FN3O2/c1-16-11-22-19(13-25(30)31-24(22)12-17(16)2)15-29(3)10-4-5-21-14-23(28-27-21)18-6-8-20(26)9-7-18/h6-9,11-14H,4-5,10,15H2,1-3H3,(H,27,28). The second-order valence-corrected chi connectivity index (χ2v) is 8.15. The molecule has 0 unspecified atom stereocenters. The Morgan fingerprint density at radius 2 is 1.81 bits per heavy atom. The number of fused-ring (bicyclic) bond motifs is 1. The van der Waals surface area contributed by atoms with E-state index in [0.717, 1.165) is 52.9 Å². The molecule has 2 aromatic carbocycles. The van der Waals surface area contributed by atoms with Gasteiger partial charge in [-0.15, -0.1) is 0 Å². The highest BCUT2D eigenvalue weighted by atomic mass is 19.1. The minimum absolute atomic E-state index is 0.253. The molecule has 0 aliphatic carbocycles. The van der Waals surface area contributed by atoms with Crippen LogP contribution in [0.15, 0.2) is 57.7 Å². The third kappa shape index (κ3) is 4.91. The van der Waals surface area contributed by atoms with Crippen LogP contribution in [0.5, 0.6) is 0 Å². The van der Waals surface area contributed by atoms with E-state index >= 15 is 0 Å². The molecule has 0 amide bonds. The lowest BCUT2D eigenvalue weighted by molar-refractivity contribution is 0.322. The number of rotatable bonds is 7. The van der Waals surface area contributed by atoms with Gasteiger partial charge in [0, 0.05) is 29.3 Å². The van der Waals surface area contributed by atoms with Crippen LogP contribution >= 0.6 is 0 Å². The van der Waals surface area contributed by atoms with Gasteiger partial charge in [0.15, 0.2) is 0 Å². The molecule has 4 aromatic rings. The van der Waals surface area contributed by atoms with Crippen LogP contribution in [0, 0.1) is 19.7 Å². The highest BCUT2D eigenvalue weighted by Crippen LogP contribution is 2.23. The van der Waals surface area contributed by atoms with Gasteiger partial charge in [0.25, 0.3) is 0 Å². The van der Waals surface area contributed by atoms with Crippen LogP contribution < -0.4 is 5.63 Å². The van der Waals surface area contributed by atoms with Gasteiger partial charge in [-0.3, -0.25) is 5.10 Å². The van der Waals surface area contributed by atoms with Crippen LogP contribution in [0.25, 0.3) is 22.2 Å². The predicted octanol–water partition coefficient (Wildman–Crippen LogP) is 5.00. The van der Waals surface area contributed by atoms with Gasteiger partial charge in [0.05, 0.1) is 5.69 Å². The third-order valence-electron chi connectivity index (χ3n) is 5.64. The van der Waals surface area contributed by atoms with Crippen molar-refractivity contribution in [3.05, 3.63) is 87.2 Å². The van der Waals surface area contributed by atoms with Gasteiger partial charge in [0.2, 0.25) is 0 Å². The summed E-state index contributed by atoms with van der Waals surface area (Å²) in [5, 5.41) is 8.40. The van der Waals surface area contributed by atoms with Crippen LogP contribution in [0.3, 0.4) is 0 Å². The van der Waals surface area contributed by atoms with E-state index in [1.807, 2.05) is 19.1 Å². The van der Waals surface area contributed by atoms with Crippen molar-refractivity contribution >= 4 is 11.0 Å². The molecule has 0 aliphatic heterocycles. The lowest BCUT2D eigenvalue weighted by atomic mass is 10.0. The number of nitrogens with one attached hydrogen (secondary N) is 1. The zero-order valence-electron chi connectivity index (χ0n) is 18.0. The van der Waals surface area contributed by atoms with Gasteiger partial charge in [0.1, 0.15) is 11.4 Å². The summed E-state index contributed by atoms with van der Waals surface area (Å²) in [6.07, 6.45) is 1.80. The first-order chi connectivity index (χ1) is 14.9. The van der Waals surface area contributed by atoms with Crippen molar-refractivity contribution in [2.75, 3.05) is 13.6 Å². The molecule has 0 aliphatic rings. The number of aromatic amines is 1. The Kier molecular flexibility index (Phi) is 6.00. The van der Waals surface area contributed by atoms with Crippen molar-refractivity contribution in [3.8, 4) is 11.3 Å². The fourth-order valence-electron chi connectivity index (χ4n) is 3.78. The number of aromatic nitrogens is 2. The Labute approximate surface area is 180 Å². The molecule has 2 heterocycles. The van der Waals surface area contributed by atoms with E-state index in [1.54, 1.807) is 18.2 Å². The van der Waals surface area contributed by atoms with Crippen molar-refractivity contribution in [3.63, 3.8) is 0 Å². The normalized spacial score (nSPS) is 11.5. The SMILES string of the molecule is Cc1cc2oc(=O)cc(CN(C)CCCc3cc(-c4ccc(F)cc4)n[nH]3)c2cc1C. The summed E-state index contributed by atoms with van der Waals surface area (Å²) in [5.74, 6) is -0.253. The van der Waals surface area contributed by atoms with E-state index in [-0.39, 0.29) is 11.4 Å². The molecule has 0 bridgehead atoms.